The average molecular weight is 342 g/mol. The largest absolute Gasteiger partial charge is 0.348 e. The number of carbonyl (C=O) groups is 1. The molecule has 7 heteroatoms. The molecule has 2 aromatic carbocycles. The van der Waals surface area contributed by atoms with Gasteiger partial charge in [0.05, 0.1) is 15.5 Å². The molecular formula is C15H13ClFNO3S. The maximum absolute atomic E-state index is 12.8. The monoisotopic (exact) mass is 341 g/mol. The topological polar surface area (TPSA) is 63.2 Å². The lowest BCUT2D eigenvalue weighted by Crippen LogP contribution is -2.23. The van der Waals surface area contributed by atoms with Crippen LogP contribution >= 0.6 is 11.6 Å². The Hall–Kier alpha value is -1.92. The molecule has 4 nitrogen and oxygen atoms in total. The van der Waals surface area contributed by atoms with Crippen LogP contribution in [0.5, 0.6) is 0 Å². The van der Waals surface area contributed by atoms with Gasteiger partial charge in [-0.1, -0.05) is 23.7 Å². The van der Waals surface area contributed by atoms with E-state index in [1.54, 1.807) is 12.1 Å². The van der Waals surface area contributed by atoms with Crippen molar-refractivity contribution in [3.05, 3.63) is 64.4 Å². The lowest BCUT2D eigenvalue weighted by atomic mass is 10.2. The minimum atomic E-state index is -3.43. The Morgan fingerprint density at radius 3 is 2.41 bits per heavy atom. The SMILES string of the molecule is CS(=O)(=O)c1ccc(Cl)c(C(=O)NCc2ccc(F)cc2)c1. The summed E-state index contributed by atoms with van der Waals surface area (Å²) in [4.78, 5) is 12.1. The van der Waals surface area contributed by atoms with Crippen molar-refractivity contribution in [2.75, 3.05) is 6.26 Å². The molecule has 0 saturated heterocycles. The van der Waals surface area contributed by atoms with Crippen LogP contribution in [0, 0.1) is 5.82 Å². The molecule has 0 fully saturated rings. The lowest BCUT2D eigenvalue weighted by molar-refractivity contribution is 0.0951. The van der Waals surface area contributed by atoms with Gasteiger partial charge in [0.1, 0.15) is 5.82 Å². The number of rotatable bonds is 4. The fourth-order valence-electron chi connectivity index (χ4n) is 1.79. The minimum Gasteiger partial charge on any atom is -0.348 e. The minimum absolute atomic E-state index is 0.0174. The van der Waals surface area contributed by atoms with E-state index in [1.165, 1.54) is 30.3 Å². The number of carbonyl (C=O) groups excluding carboxylic acids is 1. The highest BCUT2D eigenvalue weighted by Gasteiger charge is 2.15. The predicted octanol–water partition coefficient (Wildman–Crippen LogP) is 2.81. The summed E-state index contributed by atoms with van der Waals surface area (Å²) in [5, 5.41) is 2.77. The number of hydrogen-bond acceptors (Lipinski definition) is 3. The van der Waals surface area contributed by atoms with Crippen LogP contribution in [0.25, 0.3) is 0 Å². The van der Waals surface area contributed by atoms with Gasteiger partial charge < -0.3 is 5.32 Å². The predicted molar refractivity (Wildman–Crippen MR) is 82.1 cm³/mol. The Kier molecular flexibility index (Phi) is 4.83. The van der Waals surface area contributed by atoms with Gasteiger partial charge in [0.2, 0.25) is 0 Å². The highest BCUT2D eigenvalue weighted by molar-refractivity contribution is 7.90. The Labute approximate surface area is 132 Å². The van der Waals surface area contributed by atoms with E-state index in [9.17, 15) is 17.6 Å². The Balaban J connectivity index is 2.17. The summed E-state index contributed by atoms with van der Waals surface area (Å²) in [6, 6.07) is 9.61. The van der Waals surface area contributed by atoms with Gasteiger partial charge in [0, 0.05) is 12.8 Å². The molecule has 0 aromatic heterocycles. The summed E-state index contributed by atoms with van der Waals surface area (Å²) in [7, 11) is -3.43. The number of sulfone groups is 1. The fraction of sp³-hybridized carbons (Fsp3) is 0.133. The number of hydrogen-bond donors (Lipinski definition) is 1. The van der Waals surface area contributed by atoms with Crippen LogP contribution in [0.2, 0.25) is 5.02 Å². The molecule has 0 aliphatic carbocycles. The average Bonchev–Trinajstić information content (AvgIpc) is 2.45. The number of nitrogens with one attached hydrogen (secondary N) is 1. The van der Waals surface area contributed by atoms with Crippen molar-refractivity contribution in [3.8, 4) is 0 Å². The van der Waals surface area contributed by atoms with Gasteiger partial charge in [0.25, 0.3) is 5.91 Å². The van der Waals surface area contributed by atoms with Crippen LogP contribution in [-0.4, -0.2) is 20.6 Å². The quantitative estimate of drug-likeness (QED) is 0.930. The molecule has 0 unspecified atom stereocenters. The molecule has 1 amide bonds. The highest BCUT2D eigenvalue weighted by atomic mass is 35.5. The van der Waals surface area contributed by atoms with E-state index in [1.807, 2.05) is 0 Å². The third-order valence-electron chi connectivity index (χ3n) is 2.98. The molecule has 0 aliphatic heterocycles. The van der Waals surface area contributed by atoms with E-state index in [-0.39, 0.29) is 27.8 Å². The molecule has 0 radical (unpaired) electrons. The van der Waals surface area contributed by atoms with Crippen LogP contribution in [0.1, 0.15) is 15.9 Å². The molecular weight excluding hydrogens is 329 g/mol. The zero-order valence-corrected chi connectivity index (χ0v) is 13.2. The second kappa shape index (κ2) is 6.46. The van der Waals surface area contributed by atoms with E-state index in [4.69, 9.17) is 11.6 Å². The van der Waals surface area contributed by atoms with Gasteiger partial charge in [0.15, 0.2) is 9.84 Å². The maximum Gasteiger partial charge on any atom is 0.253 e. The van der Waals surface area contributed by atoms with Crippen LogP contribution in [-0.2, 0) is 16.4 Å². The van der Waals surface area contributed by atoms with Crippen molar-refractivity contribution in [3.63, 3.8) is 0 Å². The first kappa shape index (κ1) is 16.5. The highest BCUT2D eigenvalue weighted by Crippen LogP contribution is 2.20. The van der Waals surface area contributed by atoms with Crippen molar-refractivity contribution in [1.29, 1.82) is 0 Å². The molecule has 0 bridgehead atoms. The van der Waals surface area contributed by atoms with Gasteiger partial charge in [-0.2, -0.15) is 0 Å². The first-order chi connectivity index (χ1) is 10.3. The third-order valence-corrected chi connectivity index (χ3v) is 4.42. The Morgan fingerprint density at radius 1 is 1.18 bits per heavy atom. The molecule has 0 aliphatic rings. The molecule has 116 valence electrons. The zero-order chi connectivity index (χ0) is 16.3. The van der Waals surface area contributed by atoms with Crippen molar-refractivity contribution in [2.24, 2.45) is 0 Å². The normalized spacial score (nSPS) is 11.2. The van der Waals surface area contributed by atoms with Gasteiger partial charge in [-0.25, -0.2) is 12.8 Å². The summed E-state index contributed by atoms with van der Waals surface area (Å²) in [6.07, 6.45) is 1.05. The third kappa shape index (κ3) is 4.05. The van der Waals surface area contributed by atoms with Crippen LogP contribution in [0.4, 0.5) is 4.39 Å². The molecule has 2 aromatic rings. The summed E-state index contributed by atoms with van der Waals surface area (Å²) >= 11 is 5.94. The molecule has 0 spiro atoms. The molecule has 22 heavy (non-hydrogen) atoms. The second-order valence-corrected chi connectivity index (χ2v) is 7.15. The van der Waals surface area contributed by atoms with Crippen LogP contribution in [0.3, 0.4) is 0 Å². The second-order valence-electron chi connectivity index (χ2n) is 4.72. The first-order valence-electron chi connectivity index (χ1n) is 6.29. The van der Waals surface area contributed by atoms with E-state index >= 15 is 0 Å². The van der Waals surface area contributed by atoms with Crippen LogP contribution in [0.15, 0.2) is 47.4 Å². The molecule has 0 saturated carbocycles. The molecule has 0 atom stereocenters. The number of halogens is 2. The van der Waals surface area contributed by atoms with E-state index in [0.29, 0.717) is 5.56 Å². The van der Waals surface area contributed by atoms with Crippen LogP contribution < -0.4 is 5.32 Å². The van der Waals surface area contributed by atoms with Gasteiger partial charge >= 0.3 is 0 Å². The molecule has 0 heterocycles. The van der Waals surface area contributed by atoms with E-state index in [2.05, 4.69) is 5.32 Å². The lowest BCUT2D eigenvalue weighted by Gasteiger charge is -2.08. The molecule has 1 N–H and O–H groups in total. The Bertz CT molecular complexity index is 804. The summed E-state index contributed by atoms with van der Waals surface area (Å²) in [5.74, 6) is -0.862. The smallest absolute Gasteiger partial charge is 0.253 e. The van der Waals surface area contributed by atoms with Gasteiger partial charge in [-0.05, 0) is 35.9 Å². The summed E-state index contributed by atoms with van der Waals surface area (Å²) < 4.78 is 35.8. The van der Waals surface area contributed by atoms with E-state index < -0.39 is 15.7 Å². The van der Waals surface area contributed by atoms with E-state index in [0.717, 1.165) is 6.26 Å². The number of amides is 1. The summed E-state index contributed by atoms with van der Waals surface area (Å²) in [6.45, 7) is 0.179. The molecule has 2 rings (SSSR count). The van der Waals surface area contributed by atoms with Gasteiger partial charge in [-0.3, -0.25) is 4.79 Å². The fourth-order valence-corrected chi connectivity index (χ4v) is 2.64. The maximum atomic E-state index is 12.8. The number of benzene rings is 2. The van der Waals surface area contributed by atoms with Crippen molar-refractivity contribution in [2.45, 2.75) is 11.4 Å². The van der Waals surface area contributed by atoms with Crippen molar-refractivity contribution >= 4 is 27.3 Å². The van der Waals surface area contributed by atoms with Crippen molar-refractivity contribution < 1.29 is 17.6 Å². The van der Waals surface area contributed by atoms with Crippen molar-refractivity contribution in [1.82, 2.24) is 5.32 Å². The standard InChI is InChI=1S/C15H13ClFNO3S/c1-22(20,21)12-6-7-14(16)13(8-12)15(19)18-9-10-2-4-11(17)5-3-10/h2-8H,9H2,1H3,(H,18,19). The zero-order valence-electron chi connectivity index (χ0n) is 11.6. The Morgan fingerprint density at radius 2 is 1.82 bits per heavy atom. The summed E-state index contributed by atoms with van der Waals surface area (Å²) in [5.41, 5.74) is 0.789. The first-order valence-corrected chi connectivity index (χ1v) is 8.56. The van der Waals surface area contributed by atoms with Gasteiger partial charge in [-0.15, -0.1) is 0 Å².